The van der Waals surface area contributed by atoms with Crippen LogP contribution < -0.4 is 16.6 Å². The minimum atomic E-state index is -0.550. The zero-order valence-corrected chi connectivity index (χ0v) is 11.3. The molecule has 1 aromatic heterocycles. The van der Waals surface area contributed by atoms with Crippen LogP contribution in [-0.2, 0) is 0 Å². The summed E-state index contributed by atoms with van der Waals surface area (Å²) in [7, 11) is 0. The van der Waals surface area contributed by atoms with Gasteiger partial charge in [-0.2, -0.15) is 0 Å². The lowest BCUT2D eigenvalue weighted by Gasteiger charge is -2.10. The number of aromatic nitrogens is 1. The Morgan fingerprint density at radius 3 is 2.80 bits per heavy atom. The van der Waals surface area contributed by atoms with Crippen molar-refractivity contribution in [1.29, 1.82) is 0 Å². The van der Waals surface area contributed by atoms with Crippen LogP contribution in [-0.4, -0.2) is 10.9 Å². The number of hydrogen-bond acceptors (Lipinski definition) is 4. The number of nitrogens with zero attached hydrogens (tertiary/aromatic N) is 1. The van der Waals surface area contributed by atoms with Crippen molar-refractivity contribution in [2.75, 3.05) is 10.7 Å². The number of pyridine rings is 1. The molecule has 0 unspecified atom stereocenters. The monoisotopic (exact) mass is 294 g/mol. The number of hydrazine groups is 1. The van der Waals surface area contributed by atoms with E-state index in [0.717, 1.165) is 5.69 Å². The van der Waals surface area contributed by atoms with Crippen LogP contribution in [0, 0.1) is 12.7 Å². The van der Waals surface area contributed by atoms with Gasteiger partial charge in [-0.1, -0.05) is 11.6 Å². The summed E-state index contributed by atoms with van der Waals surface area (Å²) in [5.74, 6) is 4.39. The Morgan fingerprint density at radius 2 is 2.15 bits per heavy atom. The van der Waals surface area contributed by atoms with Crippen molar-refractivity contribution in [3.05, 3.63) is 52.6 Å². The van der Waals surface area contributed by atoms with Crippen molar-refractivity contribution in [1.82, 2.24) is 4.98 Å². The summed E-state index contributed by atoms with van der Waals surface area (Å²) in [4.78, 5) is 16.2. The van der Waals surface area contributed by atoms with Gasteiger partial charge in [0, 0.05) is 17.6 Å². The van der Waals surface area contributed by atoms with Crippen LogP contribution in [0.5, 0.6) is 0 Å². The number of aryl methyl sites for hydroxylation is 1. The third-order valence-corrected chi connectivity index (χ3v) is 2.91. The highest BCUT2D eigenvalue weighted by Gasteiger charge is 2.13. The number of amides is 1. The first kappa shape index (κ1) is 14.2. The third kappa shape index (κ3) is 3.04. The van der Waals surface area contributed by atoms with Gasteiger partial charge in [0.1, 0.15) is 5.82 Å². The Kier molecular flexibility index (Phi) is 4.16. The topological polar surface area (TPSA) is 80.0 Å². The Labute approximate surface area is 119 Å². The number of carbonyl (C=O) groups excluding carboxylic acids is 1. The molecule has 7 heteroatoms. The molecule has 2 aromatic rings. The van der Waals surface area contributed by atoms with Crippen LogP contribution in [0.1, 0.15) is 16.1 Å². The van der Waals surface area contributed by atoms with Crippen LogP contribution >= 0.6 is 11.6 Å². The molecule has 5 nitrogen and oxygen atoms in total. The molecule has 0 radical (unpaired) electrons. The summed E-state index contributed by atoms with van der Waals surface area (Å²) in [5.41, 5.74) is 4.26. The summed E-state index contributed by atoms with van der Waals surface area (Å²) < 4.78 is 13.0. The van der Waals surface area contributed by atoms with Crippen LogP contribution in [0.2, 0.25) is 5.02 Å². The molecule has 0 bridgehead atoms. The fraction of sp³-hybridized carbons (Fsp3) is 0.0769. The van der Waals surface area contributed by atoms with Gasteiger partial charge in [-0.25, -0.2) is 4.39 Å². The average molecular weight is 295 g/mol. The van der Waals surface area contributed by atoms with Gasteiger partial charge in [-0.3, -0.25) is 15.6 Å². The number of benzene rings is 1. The van der Waals surface area contributed by atoms with Gasteiger partial charge in [0.2, 0.25) is 0 Å². The standard InChI is InChI=1S/C13H12ClFN4O/c1-7-4-12(19-16)9(6-17-7)13(20)18-8-2-3-11(15)10(14)5-8/h2-6H,16H2,1H3,(H,17,19)(H,18,20). The number of nitrogens with two attached hydrogens (primary N) is 1. The van der Waals surface area contributed by atoms with E-state index in [-0.39, 0.29) is 10.6 Å². The zero-order chi connectivity index (χ0) is 14.7. The van der Waals surface area contributed by atoms with Crippen LogP contribution in [0.25, 0.3) is 0 Å². The van der Waals surface area contributed by atoms with Crippen LogP contribution in [0.4, 0.5) is 15.8 Å². The molecule has 0 aliphatic carbocycles. The van der Waals surface area contributed by atoms with Crippen LogP contribution in [0.3, 0.4) is 0 Å². The summed E-state index contributed by atoms with van der Waals surface area (Å²) in [6.07, 6.45) is 1.41. The predicted octanol–water partition coefficient (Wildman–Crippen LogP) is 2.72. The highest BCUT2D eigenvalue weighted by Crippen LogP contribution is 2.21. The molecule has 0 fully saturated rings. The molecular weight excluding hydrogens is 283 g/mol. The van der Waals surface area contributed by atoms with E-state index in [2.05, 4.69) is 15.7 Å². The van der Waals surface area contributed by atoms with Gasteiger partial charge in [0.05, 0.1) is 16.3 Å². The third-order valence-electron chi connectivity index (χ3n) is 2.62. The van der Waals surface area contributed by atoms with Gasteiger partial charge >= 0.3 is 0 Å². The van der Waals surface area contributed by atoms with Crippen molar-refractivity contribution in [3.8, 4) is 0 Å². The van der Waals surface area contributed by atoms with Crippen molar-refractivity contribution in [3.63, 3.8) is 0 Å². The van der Waals surface area contributed by atoms with E-state index in [1.807, 2.05) is 0 Å². The first-order valence-corrected chi connectivity index (χ1v) is 6.08. The van der Waals surface area contributed by atoms with E-state index in [0.29, 0.717) is 11.4 Å². The number of carbonyl (C=O) groups is 1. The lowest BCUT2D eigenvalue weighted by Crippen LogP contribution is -2.18. The molecular formula is C13H12ClFN4O. The smallest absolute Gasteiger partial charge is 0.259 e. The van der Waals surface area contributed by atoms with E-state index >= 15 is 0 Å². The van der Waals surface area contributed by atoms with Gasteiger partial charge in [-0.05, 0) is 31.2 Å². The number of nitrogens with one attached hydrogen (secondary N) is 2. The van der Waals surface area contributed by atoms with E-state index in [1.165, 1.54) is 24.4 Å². The van der Waals surface area contributed by atoms with Gasteiger partial charge in [0.15, 0.2) is 0 Å². The minimum absolute atomic E-state index is 0.0676. The second-order valence-electron chi connectivity index (χ2n) is 4.10. The molecule has 104 valence electrons. The summed E-state index contributed by atoms with van der Waals surface area (Å²) in [5, 5.41) is 2.53. The lowest BCUT2D eigenvalue weighted by molar-refractivity contribution is 0.102. The normalized spacial score (nSPS) is 10.2. The first-order chi connectivity index (χ1) is 9.51. The second-order valence-corrected chi connectivity index (χ2v) is 4.51. The van der Waals surface area contributed by atoms with Gasteiger partial charge in [0.25, 0.3) is 5.91 Å². The number of nitrogen functional groups attached to an aromatic ring is 1. The molecule has 0 spiro atoms. The Morgan fingerprint density at radius 1 is 1.40 bits per heavy atom. The molecule has 1 aromatic carbocycles. The van der Waals surface area contributed by atoms with Crippen molar-refractivity contribution < 1.29 is 9.18 Å². The van der Waals surface area contributed by atoms with Crippen molar-refractivity contribution in [2.24, 2.45) is 5.84 Å². The molecule has 4 N–H and O–H groups in total. The van der Waals surface area contributed by atoms with Crippen molar-refractivity contribution in [2.45, 2.75) is 6.92 Å². The average Bonchev–Trinajstić information content (AvgIpc) is 2.42. The summed E-state index contributed by atoms with van der Waals surface area (Å²) in [6, 6.07) is 5.56. The number of rotatable bonds is 3. The molecule has 20 heavy (non-hydrogen) atoms. The molecule has 0 saturated carbocycles. The largest absolute Gasteiger partial charge is 0.323 e. The Balaban J connectivity index is 2.25. The molecule has 1 amide bonds. The van der Waals surface area contributed by atoms with Gasteiger partial charge < -0.3 is 10.7 Å². The molecule has 0 aliphatic heterocycles. The fourth-order valence-corrected chi connectivity index (χ4v) is 1.81. The molecule has 0 aliphatic rings. The number of hydrogen-bond donors (Lipinski definition) is 3. The highest BCUT2D eigenvalue weighted by molar-refractivity contribution is 6.31. The van der Waals surface area contributed by atoms with E-state index in [1.54, 1.807) is 13.0 Å². The zero-order valence-electron chi connectivity index (χ0n) is 10.6. The van der Waals surface area contributed by atoms with Gasteiger partial charge in [-0.15, -0.1) is 0 Å². The minimum Gasteiger partial charge on any atom is -0.323 e. The van der Waals surface area contributed by atoms with Crippen LogP contribution in [0.15, 0.2) is 30.5 Å². The molecule has 1 heterocycles. The van der Waals surface area contributed by atoms with E-state index < -0.39 is 11.7 Å². The van der Waals surface area contributed by atoms with Crippen molar-refractivity contribution >= 4 is 28.9 Å². The quantitative estimate of drug-likeness (QED) is 0.600. The maximum Gasteiger partial charge on any atom is 0.259 e. The molecule has 2 rings (SSSR count). The Hall–Kier alpha value is -2.18. The highest BCUT2D eigenvalue weighted by atomic mass is 35.5. The maximum atomic E-state index is 13.0. The molecule has 0 saturated heterocycles. The summed E-state index contributed by atoms with van der Waals surface area (Å²) in [6.45, 7) is 1.78. The number of anilines is 2. The predicted molar refractivity (Wildman–Crippen MR) is 76.1 cm³/mol. The lowest BCUT2D eigenvalue weighted by atomic mass is 10.2. The summed E-state index contributed by atoms with van der Waals surface area (Å²) >= 11 is 5.65. The first-order valence-electron chi connectivity index (χ1n) is 5.71. The van der Waals surface area contributed by atoms with E-state index in [9.17, 15) is 9.18 Å². The Bertz CT molecular complexity index is 663. The SMILES string of the molecule is Cc1cc(NN)c(C(=O)Nc2ccc(F)c(Cl)c2)cn1. The second kappa shape index (κ2) is 5.85. The molecule has 0 atom stereocenters. The van der Waals surface area contributed by atoms with E-state index in [4.69, 9.17) is 17.4 Å². The fourth-order valence-electron chi connectivity index (χ4n) is 1.63. The number of halogens is 2. The maximum absolute atomic E-state index is 13.0.